The number of hydrogen-bond acceptors (Lipinski definition) is 1. The Kier molecular flexibility index (Phi) is 2.01. The summed E-state index contributed by atoms with van der Waals surface area (Å²) in [4.78, 5) is 4.71. The zero-order valence-corrected chi connectivity index (χ0v) is 9.11. The highest BCUT2D eigenvalue weighted by molar-refractivity contribution is 5.75. The SMILES string of the molecule is C[C@H]1CCc2nc3ccccc3n2CC1. The fourth-order valence-corrected chi connectivity index (χ4v) is 2.44. The first kappa shape index (κ1) is 8.96. The van der Waals surface area contributed by atoms with Crippen molar-refractivity contribution in [3.05, 3.63) is 30.1 Å². The largest absolute Gasteiger partial charge is 0.328 e. The quantitative estimate of drug-likeness (QED) is 0.639. The maximum atomic E-state index is 4.71. The number of rotatable bonds is 0. The Morgan fingerprint density at radius 2 is 2.13 bits per heavy atom. The van der Waals surface area contributed by atoms with E-state index in [-0.39, 0.29) is 0 Å². The molecular weight excluding hydrogens is 184 g/mol. The summed E-state index contributed by atoms with van der Waals surface area (Å²) in [6, 6.07) is 8.46. The molecule has 15 heavy (non-hydrogen) atoms. The lowest BCUT2D eigenvalue weighted by Gasteiger charge is -2.05. The van der Waals surface area contributed by atoms with Gasteiger partial charge in [-0.05, 0) is 30.9 Å². The molecule has 2 heteroatoms. The zero-order chi connectivity index (χ0) is 10.3. The van der Waals surface area contributed by atoms with Gasteiger partial charge >= 0.3 is 0 Å². The number of aromatic nitrogens is 2. The van der Waals surface area contributed by atoms with Crippen molar-refractivity contribution in [1.29, 1.82) is 0 Å². The van der Waals surface area contributed by atoms with Crippen molar-refractivity contribution in [1.82, 2.24) is 9.55 Å². The van der Waals surface area contributed by atoms with Crippen molar-refractivity contribution >= 4 is 11.0 Å². The minimum Gasteiger partial charge on any atom is -0.328 e. The number of benzene rings is 1. The van der Waals surface area contributed by atoms with E-state index in [2.05, 4.69) is 35.8 Å². The predicted molar refractivity (Wildman–Crippen MR) is 61.8 cm³/mol. The molecule has 1 aromatic heterocycles. The summed E-state index contributed by atoms with van der Waals surface area (Å²) in [6.07, 6.45) is 3.70. The highest BCUT2D eigenvalue weighted by Crippen LogP contribution is 2.24. The molecule has 78 valence electrons. The molecule has 0 fully saturated rings. The van der Waals surface area contributed by atoms with Gasteiger partial charge in [0, 0.05) is 13.0 Å². The first-order chi connectivity index (χ1) is 7.34. The Morgan fingerprint density at radius 3 is 3.07 bits per heavy atom. The van der Waals surface area contributed by atoms with E-state index in [0.717, 1.165) is 24.4 Å². The third-order valence-corrected chi connectivity index (χ3v) is 3.44. The summed E-state index contributed by atoms with van der Waals surface area (Å²) in [5.41, 5.74) is 2.46. The van der Waals surface area contributed by atoms with Crippen LogP contribution in [0, 0.1) is 5.92 Å². The Hall–Kier alpha value is -1.31. The normalized spacial score (nSPS) is 21.3. The highest BCUT2D eigenvalue weighted by Gasteiger charge is 2.15. The average molecular weight is 200 g/mol. The summed E-state index contributed by atoms with van der Waals surface area (Å²) < 4.78 is 2.40. The number of nitrogens with zero attached hydrogens (tertiary/aromatic N) is 2. The van der Waals surface area contributed by atoms with Gasteiger partial charge in [0.1, 0.15) is 5.82 Å². The first-order valence-electron chi connectivity index (χ1n) is 5.79. The van der Waals surface area contributed by atoms with Crippen molar-refractivity contribution in [3.63, 3.8) is 0 Å². The van der Waals surface area contributed by atoms with Crippen LogP contribution in [0.5, 0.6) is 0 Å². The van der Waals surface area contributed by atoms with Crippen LogP contribution in [0.2, 0.25) is 0 Å². The van der Waals surface area contributed by atoms with E-state index in [1.54, 1.807) is 0 Å². The molecule has 2 aromatic rings. The fraction of sp³-hybridized carbons (Fsp3) is 0.462. The Balaban J connectivity index is 2.15. The standard InChI is InChI=1S/C13H16N2/c1-10-6-7-13-14-11-4-2-3-5-12(11)15(13)9-8-10/h2-5,10H,6-9H2,1H3/t10-/m0/s1. The van der Waals surface area contributed by atoms with Crippen LogP contribution in [0.3, 0.4) is 0 Å². The van der Waals surface area contributed by atoms with Gasteiger partial charge in [-0.15, -0.1) is 0 Å². The lowest BCUT2D eigenvalue weighted by atomic mass is 10.0. The smallest absolute Gasteiger partial charge is 0.109 e. The molecule has 0 amide bonds. The van der Waals surface area contributed by atoms with Gasteiger partial charge in [-0.25, -0.2) is 4.98 Å². The molecule has 0 aliphatic carbocycles. The Labute approximate surface area is 89.9 Å². The van der Waals surface area contributed by atoms with Crippen LogP contribution in [0.25, 0.3) is 11.0 Å². The van der Waals surface area contributed by atoms with E-state index in [1.807, 2.05) is 0 Å². The highest BCUT2D eigenvalue weighted by atomic mass is 15.1. The lowest BCUT2D eigenvalue weighted by molar-refractivity contribution is 0.489. The summed E-state index contributed by atoms with van der Waals surface area (Å²) in [5, 5.41) is 0. The first-order valence-corrected chi connectivity index (χ1v) is 5.79. The van der Waals surface area contributed by atoms with Crippen LogP contribution >= 0.6 is 0 Å². The predicted octanol–water partition coefficient (Wildman–Crippen LogP) is 3.01. The fourth-order valence-electron chi connectivity index (χ4n) is 2.44. The Morgan fingerprint density at radius 1 is 1.27 bits per heavy atom. The van der Waals surface area contributed by atoms with Crippen molar-refractivity contribution in [3.8, 4) is 0 Å². The monoisotopic (exact) mass is 200 g/mol. The third-order valence-electron chi connectivity index (χ3n) is 3.44. The van der Waals surface area contributed by atoms with Crippen molar-refractivity contribution < 1.29 is 0 Å². The number of aryl methyl sites for hydroxylation is 2. The Bertz CT molecular complexity index is 484. The lowest BCUT2D eigenvalue weighted by Crippen LogP contribution is -2.00. The number of fused-ring (bicyclic) bond motifs is 3. The minimum absolute atomic E-state index is 0.838. The van der Waals surface area contributed by atoms with E-state index < -0.39 is 0 Å². The van der Waals surface area contributed by atoms with Crippen molar-refractivity contribution in [2.75, 3.05) is 0 Å². The molecule has 0 radical (unpaired) electrons. The average Bonchev–Trinajstić information content (AvgIpc) is 2.51. The zero-order valence-electron chi connectivity index (χ0n) is 9.11. The van der Waals surface area contributed by atoms with Crippen LogP contribution in [0.15, 0.2) is 24.3 Å². The van der Waals surface area contributed by atoms with E-state index in [0.29, 0.717) is 0 Å². The van der Waals surface area contributed by atoms with Gasteiger partial charge in [-0.1, -0.05) is 19.1 Å². The van der Waals surface area contributed by atoms with E-state index in [1.165, 1.54) is 24.2 Å². The molecule has 2 nitrogen and oxygen atoms in total. The molecular formula is C13H16N2. The summed E-state index contributed by atoms with van der Waals surface area (Å²) >= 11 is 0. The van der Waals surface area contributed by atoms with Gasteiger partial charge in [0.05, 0.1) is 11.0 Å². The molecule has 3 rings (SSSR count). The van der Waals surface area contributed by atoms with Crippen LogP contribution in [-0.4, -0.2) is 9.55 Å². The second-order valence-electron chi connectivity index (χ2n) is 4.60. The van der Waals surface area contributed by atoms with E-state index in [9.17, 15) is 0 Å². The van der Waals surface area contributed by atoms with Crippen LogP contribution < -0.4 is 0 Å². The van der Waals surface area contributed by atoms with Gasteiger partial charge in [0.15, 0.2) is 0 Å². The summed E-state index contributed by atoms with van der Waals surface area (Å²) in [5.74, 6) is 2.12. The third kappa shape index (κ3) is 1.44. The van der Waals surface area contributed by atoms with E-state index >= 15 is 0 Å². The topological polar surface area (TPSA) is 17.8 Å². The van der Waals surface area contributed by atoms with Crippen LogP contribution in [0.4, 0.5) is 0 Å². The van der Waals surface area contributed by atoms with Gasteiger partial charge < -0.3 is 4.57 Å². The van der Waals surface area contributed by atoms with Gasteiger partial charge in [-0.2, -0.15) is 0 Å². The minimum atomic E-state index is 0.838. The van der Waals surface area contributed by atoms with Gasteiger partial charge in [0.2, 0.25) is 0 Å². The molecule has 2 heterocycles. The number of imidazole rings is 1. The maximum Gasteiger partial charge on any atom is 0.109 e. The molecule has 1 atom stereocenters. The molecule has 0 unspecified atom stereocenters. The molecule has 1 aliphatic heterocycles. The van der Waals surface area contributed by atoms with Crippen LogP contribution in [-0.2, 0) is 13.0 Å². The number of para-hydroxylation sites is 2. The van der Waals surface area contributed by atoms with Crippen LogP contribution in [0.1, 0.15) is 25.6 Å². The van der Waals surface area contributed by atoms with Gasteiger partial charge in [0.25, 0.3) is 0 Å². The van der Waals surface area contributed by atoms with Crippen molar-refractivity contribution in [2.24, 2.45) is 5.92 Å². The summed E-state index contributed by atoms with van der Waals surface area (Å²) in [6.45, 7) is 3.48. The number of hydrogen-bond donors (Lipinski definition) is 0. The molecule has 0 N–H and O–H groups in total. The summed E-state index contributed by atoms with van der Waals surface area (Å²) in [7, 11) is 0. The van der Waals surface area contributed by atoms with Crippen molar-refractivity contribution in [2.45, 2.75) is 32.7 Å². The second-order valence-corrected chi connectivity index (χ2v) is 4.60. The maximum absolute atomic E-state index is 4.71. The molecule has 1 aliphatic rings. The molecule has 1 aromatic carbocycles. The van der Waals surface area contributed by atoms with E-state index in [4.69, 9.17) is 4.98 Å². The molecule has 0 spiro atoms. The van der Waals surface area contributed by atoms with Gasteiger partial charge in [-0.3, -0.25) is 0 Å². The molecule has 0 saturated heterocycles. The molecule has 0 saturated carbocycles. The second kappa shape index (κ2) is 3.37. The molecule has 0 bridgehead atoms.